The molecule has 104 valence electrons. The second-order valence-corrected chi connectivity index (χ2v) is 4.21. The van der Waals surface area contributed by atoms with E-state index in [0.717, 1.165) is 0 Å². The van der Waals surface area contributed by atoms with Crippen molar-refractivity contribution >= 4 is 23.3 Å². The van der Waals surface area contributed by atoms with Crippen LogP contribution >= 0.6 is 0 Å². The Morgan fingerprint density at radius 2 is 1.62 bits per heavy atom. The first-order valence-corrected chi connectivity index (χ1v) is 6.06. The summed E-state index contributed by atoms with van der Waals surface area (Å²) in [6.07, 6.45) is 0. The van der Waals surface area contributed by atoms with Crippen LogP contribution in [-0.2, 0) is 0 Å². The number of nitrogens with zero attached hydrogens (tertiary/aromatic N) is 1. The third-order valence-corrected chi connectivity index (χ3v) is 2.66. The highest BCUT2D eigenvalue weighted by Gasteiger charge is 2.07. The smallest absolute Gasteiger partial charge is 0.316 e. The summed E-state index contributed by atoms with van der Waals surface area (Å²) in [6.45, 7) is 0. The van der Waals surface area contributed by atoms with Gasteiger partial charge in [-0.1, -0.05) is 6.07 Å². The number of nitrogens with two attached hydrogens (primary N) is 1. The fourth-order valence-corrected chi connectivity index (χ4v) is 1.71. The molecule has 2 rings (SSSR count). The maximum absolute atomic E-state index is 12.0. The van der Waals surface area contributed by atoms with Crippen molar-refractivity contribution in [2.24, 2.45) is 5.73 Å². The van der Waals surface area contributed by atoms with E-state index in [9.17, 15) is 9.59 Å². The molecule has 0 radical (unpaired) electrons. The van der Waals surface area contributed by atoms with Crippen molar-refractivity contribution in [2.75, 3.05) is 10.6 Å². The van der Waals surface area contributed by atoms with Crippen molar-refractivity contribution in [1.29, 1.82) is 5.26 Å². The second kappa shape index (κ2) is 6.21. The molecule has 0 saturated heterocycles. The van der Waals surface area contributed by atoms with Gasteiger partial charge in [-0.25, -0.2) is 4.79 Å². The van der Waals surface area contributed by atoms with E-state index in [1.54, 1.807) is 42.5 Å². The van der Waals surface area contributed by atoms with Crippen LogP contribution < -0.4 is 16.4 Å². The lowest BCUT2D eigenvalue weighted by atomic mass is 10.1. The quantitative estimate of drug-likeness (QED) is 0.802. The molecule has 0 aliphatic rings. The van der Waals surface area contributed by atoms with Crippen LogP contribution in [0.2, 0.25) is 0 Å². The minimum absolute atomic E-state index is 0.317. The van der Waals surface area contributed by atoms with Gasteiger partial charge < -0.3 is 16.4 Å². The summed E-state index contributed by atoms with van der Waals surface area (Å²) in [5, 5.41) is 13.9. The van der Waals surface area contributed by atoms with E-state index in [4.69, 9.17) is 11.0 Å². The molecule has 2 aromatic rings. The summed E-state index contributed by atoms with van der Waals surface area (Å²) in [7, 11) is 0. The Morgan fingerprint density at radius 3 is 2.19 bits per heavy atom. The van der Waals surface area contributed by atoms with E-state index in [1.165, 1.54) is 6.07 Å². The zero-order valence-corrected chi connectivity index (χ0v) is 11.0. The molecular formula is C15H12N4O2. The van der Waals surface area contributed by atoms with Crippen molar-refractivity contribution in [3.63, 3.8) is 0 Å². The number of anilines is 2. The summed E-state index contributed by atoms with van der Waals surface area (Å²) in [4.78, 5) is 22.7. The van der Waals surface area contributed by atoms with Gasteiger partial charge in [-0.05, 0) is 42.5 Å². The first-order valence-electron chi connectivity index (χ1n) is 6.06. The molecule has 0 saturated carbocycles. The average molecular weight is 280 g/mol. The topological polar surface area (TPSA) is 108 Å². The molecule has 6 nitrogen and oxygen atoms in total. The molecule has 3 amide bonds. The van der Waals surface area contributed by atoms with E-state index in [0.29, 0.717) is 22.5 Å². The first kappa shape index (κ1) is 14.1. The molecule has 4 N–H and O–H groups in total. The van der Waals surface area contributed by atoms with Gasteiger partial charge in [0.25, 0.3) is 5.91 Å². The highest BCUT2D eigenvalue weighted by molar-refractivity contribution is 6.04. The lowest BCUT2D eigenvalue weighted by Crippen LogP contribution is -2.19. The van der Waals surface area contributed by atoms with E-state index in [-0.39, 0.29) is 5.91 Å². The lowest BCUT2D eigenvalue weighted by Gasteiger charge is -2.07. The molecule has 0 aromatic heterocycles. The Labute approximate surface area is 121 Å². The highest BCUT2D eigenvalue weighted by atomic mass is 16.2. The number of urea groups is 1. The molecule has 0 fully saturated rings. The average Bonchev–Trinajstić information content (AvgIpc) is 2.49. The maximum atomic E-state index is 12.0. The third-order valence-electron chi connectivity index (χ3n) is 2.66. The van der Waals surface area contributed by atoms with Gasteiger partial charge in [-0.3, -0.25) is 4.79 Å². The number of nitrogens with one attached hydrogen (secondary N) is 2. The molecule has 0 aliphatic heterocycles. The number of rotatable bonds is 3. The Morgan fingerprint density at radius 1 is 1.00 bits per heavy atom. The van der Waals surface area contributed by atoms with Gasteiger partial charge in [0.15, 0.2) is 0 Å². The minimum Gasteiger partial charge on any atom is -0.351 e. The summed E-state index contributed by atoms with van der Waals surface area (Å²) < 4.78 is 0. The van der Waals surface area contributed by atoms with Gasteiger partial charge in [-0.2, -0.15) is 5.26 Å². The van der Waals surface area contributed by atoms with Crippen molar-refractivity contribution in [3.8, 4) is 6.07 Å². The van der Waals surface area contributed by atoms with E-state index in [2.05, 4.69) is 10.6 Å². The van der Waals surface area contributed by atoms with Gasteiger partial charge in [0.2, 0.25) is 0 Å². The van der Waals surface area contributed by atoms with Crippen LogP contribution in [0.25, 0.3) is 0 Å². The predicted octanol–water partition coefficient (Wildman–Crippen LogP) is 2.30. The molecule has 2 aromatic carbocycles. The van der Waals surface area contributed by atoms with Gasteiger partial charge in [0, 0.05) is 16.9 Å². The monoisotopic (exact) mass is 280 g/mol. The summed E-state index contributed by atoms with van der Waals surface area (Å²) in [6, 6.07) is 14.2. The maximum Gasteiger partial charge on any atom is 0.316 e. The fourth-order valence-electron chi connectivity index (χ4n) is 1.71. The van der Waals surface area contributed by atoms with Crippen LogP contribution in [0.5, 0.6) is 0 Å². The molecule has 0 unspecified atom stereocenters. The van der Waals surface area contributed by atoms with Crippen LogP contribution in [0.15, 0.2) is 48.5 Å². The number of hydrogen-bond donors (Lipinski definition) is 3. The molecule has 0 bridgehead atoms. The summed E-state index contributed by atoms with van der Waals surface area (Å²) in [5.74, 6) is -0.317. The molecule has 0 aliphatic carbocycles. The van der Waals surface area contributed by atoms with Crippen LogP contribution in [-0.4, -0.2) is 11.9 Å². The van der Waals surface area contributed by atoms with Crippen molar-refractivity contribution in [1.82, 2.24) is 0 Å². The number of benzene rings is 2. The number of carbonyl (C=O) groups is 2. The number of amides is 3. The van der Waals surface area contributed by atoms with Crippen molar-refractivity contribution in [3.05, 3.63) is 59.7 Å². The number of nitriles is 1. The Balaban J connectivity index is 2.09. The molecule has 0 spiro atoms. The van der Waals surface area contributed by atoms with Crippen LogP contribution in [0, 0.1) is 11.3 Å². The van der Waals surface area contributed by atoms with E-state index < -0.39 is 6.03 Å². The molecular weight excluding hydrogens is 268 g/mol. The summed E-state index contributed by atoms with van der Waals surface area (Å²) >= 11 is 0. The third kappa shape index (κ3) is 3.81. The minimum atomic E-state index is -0.653. The van der Waals surface area contributed by atoms with E-state index in [1.807, 2.05) is 6.07 Å². The summed E-state index contributed by atoms with van der Waals surface area (Å²) in [5.41, 5.74) is 6.92. The number of hydrogen-bond acceptors (Lipinski definition) is 3. The van der Waals surface area contributed by atoms with Gasteiger partial charge in [0.05, 0.1) is 11.6 Å². The second-order valence-electron chi connectivity index (χ2n) is 4.21. The fraction of sp³-hybridized carbons (Fsp3) is 0. The number of carbonyl (C=O) groups excluding carboxylic acids is 2. The normalized spacial score (nSPS) is 9.48. The van der Waals surface area contributed by atoms with Gasteiger partial charge in [-0.15, -0.1) is 0 Å². The van der Waals surface area contributed by atoms with E-state index >= 15 is 0 Å². The van der Waals surface area contributed by atoms with Gasteiger partial charge in [0.1, 0.15) is 0 Å². The molecule has 21 heavy (non-hydrogen) atoms. The SMILES string of the molecule is N#Cc1cccc(C(=O)Nc2ccc(NC(N)=O)cc2)c1. The van der Waals surface area contributed by atoms with Gasteiger partial charge >= 0.3 is 6.03 Å². The first-order chi connectivity index (χ1) is 10.1. The van der Waals surface area contributed by atoms with Crippen LogP contribution in [0.3, 0.4) is 0 Å². The Hall–Kier alpha value is -3.33. The largest absolute Gasteiger partial charge is 0.351 e. The van der Waals surface area contributed by atoms with Crippen LogP contribution in [0.1, 0.15) is 15.9 Å². The predicted molar refractivity (Wildman–Crippen MR) is 78.8 cm³/mol. The highest BCUT2D eigenvalue weighted by Crippen LogP contribution is 2.15. The zero-order chi connectivity index (χ0) is 15.2. The van der Waals surface area contributed by atoms with Crippen molar-refractivity contribution < 1.29 is 9.59 Å². The van der Waals surface area contributed by atoms with Crippen LogP contribution in [0.4, 0.5) is 16.2 Å². The molecule has 0 heterocycles. The zero-order valence-electron chi connectivity index (χ0n) is 11.0. The standard InChI is InChI=1S/C15H12N4O2/c16-9-10-2-1-3-11(8-10)14(20)18-12-4-6-13(7-5-12)19-15(17)21/h1-8H,(H,18,20)(H3,17,19,21). The Bertz CT molecular complexity index is 717. The lowest BCUT2D eigenvalue weighted by molar-refractivity contribution is 0.102. The van der Waals surface area contributed by atoms with Crippen molar-refractivity contribution in [2.45, 2.75) is 0 Å². The molecule has 0 atom stereocenters. The number of primary amides is 1. The Kier molecular flexibility index (Phi) is 4.17. The molecule has 6 heteroatoms.